The zero-order valence-corrected chi connectivity index (χ0v) is 14.0. The van der Waals surface area contributed by atoms with Gasteiger partial charge >= 0.3 is 0 Å². The Bertz CT molecular complexity index is 547. The summed E-state index contributed by atoms with van der Waals surface area (Å²) in [6.07, 6.45) is 9.23. The minimum absolute atomic E-state index is 0.0568. The first-order valence-corrected chi connectivity index (χ1v) is 8.86. The molecule has 24 heavy (non-hydrogen) atoms. The molecule has 3 heterocycles. The maximum atomic E-state index is 12.4. The highest BCUT2D eigenvalue weighted by molar-refractivity contribution is 5.88. The van der Waals surface area contributed by atoms with Crippen molar-refractivity contribution in [2.75, 3.05) is 19.6 Å². The van der Waals surface area contributed by atoms with Gasteiger partial charge in [0.05, 0.1) is 13.1 Å². The molecule has 3 rings (SSSR count). The van der Waals surface area contributed by atoms with Crippen LogP contribution in [0.3, 0.4) is 0 Å². The first kappa shape index (κ1) is 16.9. The van der Waals surface area contributed by atoms with Crippen LogP contribution in [0.2, 0.25) is 0 Å². The molecule has 1 aromatic rings. The first-order chi connectivity index (χ1) is 11.7. The molecule has 1 aromatic heterocycles. The average molecular weight is 334 g/mol. The lowest BCUT2D eigenvalue weighted by molar-refractivity contribution is -0.130. The summed E-state index contributed by atoms with van der Waals surface area (Å²) in [7, 11) is 0. The van der Waals surface area contributed by atoms with Gasteiger partial charge in [0, 0.05) is 12.6 Å². The van der Waals surface area contributed by atoms with Crippen molar-refractivity contribution >= 4 is 11.8 Å². The summed E-state index contributed by atoms with van der Waals surface area (Å²) in [5, 5.41) is 9.93. The number of likely N-dealkylation sites (tertiary alicyclic amines) is 1. The van der Waals surface area contributed by atoms with E-state index in [1.807, 2.05) is 4.68 Å². The van der Waals surface area contributed by atoms with Gasteiger partial charge in [-0.1, -0.05) is 6.42 Å². The lowest BCUT2D eigenvalue weighted by atomic mass is 10.0. The number of carbonyl (C=O) groups excluding carboxylic acids is 2. The summed E-state index contributed by atoms with van der Waals surface area (Å²) < 4.78 is 1.82. The summed E-state index contributed by atoms with van der Waals surface area (Å²) in [5.41, 5.74) is 0. The van der Waals surface area contributed by atoms with E-state index in [1.165, 1.54) is 12.7 Å². The van der Waals surface area contributed by atoms with E-state index in [0.29, 0.717) is 13.1 Å². The molecule has 0 aliphatic carbocycles. The lowest BCUT2D eigenvalue weighted by Crippen LogP contribution is -2.51. The van der Waals surface area contributed by atoms with E-state index in [-0.39, 0.29) is 17.9 Å². The van der Waals surface area contributed by atoms with Gasteiger partial charge in [0.25, 0.3) is 0 Å². The molecule has 0 bridgehead atoms. The van der Waals surface area contributed by atoms with E-state index in [1.54, 1.807) is 6.33 Å². The number of nitrogens with zero attached hydrogens (tertiary/aromatic N) is 4. The average Bonchev–Trinajstić information content (AvgIpc) is 3.00. The van der Waals surface area contributed by atoms with Crippen LogP contribution in [0, 0.1) is 0 Å². The number of aromatic nitrogens is 3. The van der Waals surface area contributed by atoms with Crippen molar-refractivity contribution in [3.05, 3.63) is 12.7 Å². The van der Waals surface area contributed by atoms with E-state index in [0.717, 1.165) is 45.2 Å². The van der Waals surface area contributed by atoms with Crippen LogP contribution in [0.25, 0.3) is 0 Å². The van der Waals surface area contributed by atoms with Crippen molar-refractivity contribution in [2.24, 2.45) is 0 Å². The second-order valence-electron chi connectivity index (χ2n) is 6.64. The van der Waals surface area contributed by atoms with Crippen LogP contribution in [0.5, 0.6) is 0 Å². The predicted octanol–water partition coefficient (Wildman–Crippen LogP) is -0.0825. The van der Waals surface area contributed by atoms with Crippen molar-refractivity contribution < 1.29 is 9.59 Å². The minimum atomic E-state index is -0.390. The molecule has 0 aromatic carbocycles. The Balaban J connectivity index is 1.54. The molecule has 8 heteroatoms. The van der Waals surface area contributed by atoms with Crippen molar-refractivity contribution in [1.82, 2.24) is 30.3 Å². The van der Waals surface area contributed by atoms with Crippen LogP contribution in [-0.2, 0) is 16.1 Å². The highest BCUT2D eigenvalue weighted by atomic mass is 16.2. The molecule has 2 fully saturated rings. The number of hydrogen-bond donors (Lipinski definition) is 2. The molecular formula is C16H26N6O2. The number of piperidine rings is 1. The molecule has 2 amide bonds. The molecule has 132 valence electrons. The third-order valence-electron chi connectivity index (χ3n) is 4.83. The molecule has 2 saturated heterocycles. The molecule has 0 unspecified atom stereocenters. The fourth-order valence-electron chi connectivity index (χ4n) is 3.52. The van der Waals surface area contributed by atoms with Gasteiger partial charge in [-0.25, -0.2) is 4.98 Å². The highest BCUT2D eigenvalue weighted by Crippen LogP contribution is 2.18. The van der Waals surface area contributed by atoms with E-state index >= 15 is 0 Å². The van der Waals surface area contributed by atoms with Crippen molar-refractivity contribution in [1.29, 1.82) is 0 Å². The van der Waals surface area contributed by atoms with Crippen LogP contribution in [0.4, 0.5) is 0 Å². The number of amides is 2. The van der Waals surface area contributed by atoms with Crippen LogP contribution < -0.4 is 10.6 Å². The molecule has 8 nitrogen and oxygen atoms in total. The zero-order chi connectivity index (χ0) is 16.8. The number of rotatable bonds is 5. The fourth-order valence-corrected chi connectivity index (χ4v) is 3.52. The predicted molar refractivity (Wildman–Crippen MR) is 88.0 cm³/mol. The summed E-state index contributed by atoms with van der Waals surface area (Å²) >= 11 is 0. The smallest absolute Gasteiger partial charge is 0.242 e. The van der Waals surface area contributed by atoms with Gasteiger partial charge in [-0.2, -0.15) is 5.10 Å². The Morgan fingerprint density at radius 3 is 3.00 bits per heavy atom. The second kappa shape index (κ2) is 8.23. The number of hydrogen-bond acceptors (Lipinski definition) is 5. The number of carbonyl (C=O) groups is 2. The Morgan fingerprint density at radius 1 is 1.29 bits per heavy atom. The fraction of sp³-hybridized carbons (Fsp3) is 0.750. The highest BCUT2D eigenvalue weighted by Gasteiger charge is 2.27. The normalized spacial score (nSPS) is 25.8. The molecular weight excluding hydrogens is 308 g/mol. The largest absolute Gasteiger partial charge is 0.354 e. The van der Waals surface area contributed by atoms with Gasteiger partial charge in [-0.05, 0) is 38.6 Å². The maximum absolute atomic E-state index is 12.4. The molecule has 0 saturated carbocycles. The van der Waals surface area contributed by atoms with Gasteiger partial charge in [0.1, 0.15) is 18.7 Å². The Hall–Kier alpha value is -1.96. The number of nitrogens with one attached hydrogen (secondary N) is 2. The lowest BCUT2D eigenvalue weighted by Gasteiger charge is -2.35. The first-order valence-electron chi connectivity index (χ1n) is 8.86. The molecule has 2 atom stereocenters. The van der Waals surface area contributed by atoms with E-state index in [2.05, 4.69) is 25.6 Å². The zero-order valence-electron chi connectivity index (χ0n) is 14.0. The third kappa shape index (κ3) is 4.53. The Kier molecular flexibility index (Phi) is 5.79. The van der Waals surface area contributed by atoms with Crippen molar-refractivity contribution in [3.63, 3.8) is 0 Å². The second-order valence-corrected chi connectivity index (χ2v) is 6.64. The SMILES string of the molecule is O=C(CN1CCCC[C@H]1Cn1cncn1)N[C@@H]1CCCCNC1=O. The van der Waals surface area contributed by atoms with E-state index in [4.69, 9.17) is 0 Å². The van der Waals surface area contributed by atoms with Gasteiger partial charge in [0.2, 0.25) is 11.8 Å². The topological polar surface area (TPSA) is 92.2 Å². The standard InChI is InChI=1S/C16H26N6O2/c23-15(20-14-6-1-3-7-18-16(14)24)10-21-8-4-2-5-13(21)9-22-12-17-11-19-22/h11-14H,1-10H2,(H,18,24)(H,20,23)/t13-,14+/m0/s1. The summed E-state index contributed by atoms with van der Waals surface area (Å²) in [6, 6.07) is -0.104. The van der Waals surface area contributed by atoms with Crippen molar-refractivity contribution in [2.45, 2.75) is 57.2 Å². The van der Waals surface area contributed by atoms with Gasteiger partial charge in [-0.3, -0.25) is 19.2 Å². The van der Waals surface area contributed by atoms with Crippen LogP contribution in [-0.4, -0.2) is 63.2 Å². The molecule has 0 spiro atoms. The van der Waals surface area contributed by atoms with Crippen LogP contribution in [0.15, 0.2) is 12.7 Å². The summed E-state index contributed by atoms with van der Waals surface area (Å²) in [5.74, 6) is -0.124. The Morgan fingerprint density at radius 2 is 2.17 bits per heavy atom. The molecule has 2 N–H and O–H groups in total. The van der Waals surface area contributed by atoms with Crippen LogP contribution in [0.1, 0.15) is 38.5 Å². The van der Waals surface area contributed by atoms with Gasteiger partial charge < -0.3 is 10.6 Å². The monoisotopic (exact) mass is 334 g/mol. The van der Waals surface area contributed by atoms with E-state index in [9.17, 15) is 9.59 Å². The third-order valence-corrected chi connectivity index (χ3v) is 4.83. The van der Waals surface area contributed by atoms with Gasteiger partial charge in [-0.15, -0.1) is 0 Å². The molecule has 2 aliphatic heterocycles. The van der Waals surface area contributed by atoms with Crippen molar-refractivity contribution in [3.8, 4) is 0 Å². The summed E-state index contributed by atoms with van der Waals surface area (Å²) in [4.78, 5) is 30.6. The molecule has 2 aliphatic rings. The quantitative estimate of drug-likeness (QED) is 0.786. The Labute approximate surface area is 142 Å². The van der Waals surface area contributed by atoms with Gasteiger partial charge in [0.15, 0.2) is 0 Å². The van der Waals surface area contributed by atoms with E-state index < -0.39 is 6.04 Å². The molecule has 0 radical (unpaired) electrons. The van der Waals surface area contributed by atoms with Crippen LogP contribution >= 0.6 is 0 Å². The minimum Gasteiger partial charge on any atom is -0.354 e. The summed E-state index contributed by atoms with van der Waals surface area (Å²) in [6.45, 7) is 2.70. The maximum Gasteiger partial charge on any atom is 0.242 e.